The summed E-state index contributed by atoms with van der Waals surface area (Å²) in [6.07, 6.45) is 1.82. The third-order valence-electron chi connectivity index (χ3n) is 3.21. The van der Waals surface area contributed by atoms with Gasteiger partial charge in [-0.2, -0.15) is 0 Å². The summed E-state index contributed by atoms with van der Waals surface area (Å²) in [4.78, 5) is 12.1. The molecule has 1 aliphatic heterocycles. The van der Waals surface area contributed by atoms with E-state index in [1.165, 1.54) is 0 Å². The van der Waals surface area contributed by atoms with Crippen LogP contribution in [0.3, 0.4) is 0 Å². The normalized spacial score (nSPS) is 12.9. The molecule has 0 aliphatic carbocycles. The largest absolute Gasteiger partial charge is 0.488 e. The van der Waals surface area contributed by atoms with Crippen LogP contribution in [0.2, 0.25) is 0 Å². The molecule has 0 fully saturated rings. The van der Waals surface area contributed by atoms with Gasteiger partial charge in [-0.1, -0.05) is 52.3 Å². The quantitative estimate of drug-likeness (QED) is 0.790. The third kappa shape index (κ3) is 3.16. The number of ether oxygens (including phenoxy) is 2. The van der Waals surface area contributed by atoms with Crippen LogP contribution in [0.4, 0.5) is 0 Å². The van der Waals surface area contributed by atoms with Crippen LogP contribution in [0.25, 0.3) is 6.08 Å². The first-order chi connectivity index (χ1) is 10.2. The van der Waals surface area contributed by atoms with Crippen molar-refractivity contribution in [3.8, 4) is 5.75 Å². The molecule has 0 aromatic heterocycles. The molecule has 0 unspecified atom stereocenters. The van der Waals surface area contributed by atoms with E-state index < -0.39 is 0 Å². The predicted molar refractivity (Wildman–Crippen MR) is 83.9 cm³/mol. The average molecular weight is 345 g/mol. The molecule has 0 radical (unpaired) electrons. The molecule has 0 spiro atoms. The van der Waals surface area contributed by atoms with Crippen molar-refractivity contribution in [2.75, 3.05) is 6.61 Å². The zero-order chi connectivity index (χ0) is 14.7. The van der Waals surface area contributed by atoms with Crippen molar-refractivity contribution in [3.63, 3.8) is 0 Å². The number of hydrogen-bond acceptors (Lipinski definition) is 3. The van der Waals surface area contributed by atoms with Crippen molar-refractivity contribution in [3.05, 3.63) is 69.7 Å². The maximum Gasteiger partial charge on any atom is 0.337 e. The Morgan fingerprint density at radius 1 is 1.14 bits per heavy atom. The standard InChI is InChI=1S/C17H13BrO3/c18-15-7-3-1-6-13(15)10-21-17(19)14-9-12-5-2-4-8-16(12)20-11-14/h1-9H,10-11H2. The lowest BCUT2D eigenvalue weighted by atomic mass is 10.1. The van der Waals surface area contributed by atoms with Gasteiger partial charge in [0.2, 0.25) is 0 Å². The molecule has 0 amide bonds. The summed E-state index contributed by atoms with van der Waals surface area (Å²) in [5.41, 5.74) is 2.36. The first kappa shape index (κ1) is 13.9. The highest BCUT2D eigenvalue weighted by Gasteiger charge is 2.18. The van der Waals surface area contributed by atoms with Gasteiger partial charge in [-0.3, -0.25) is 0 Å². The van der Waals surface area contributed by atoms with Crippen LogP contribution in [0.1, 0.15) is 11.1 Å². The summed E-state index contributed by atoms with van der Waals surface area (Å²) in [5.74, 6) is 0.445. The maximum atomic E-state index is 12.1. The Morgan fingerprint density at radius 2 is 1.90 bits per heavy atom. The lowest BCUT2D eigenvalue weighted by Crippen LogP contribution is -2.17. The van der Waals surface area contributed by atoms with Crippen molar-refractivity contribution < 1.29 is 14.3 Å². The number of carbonyl (C=O) groups is 1. The van der Waals surface area contributed by atoms with Gasteiger partial charge in [0.25, 0.3) is 0 Å². The van der Waals surface area contributed by atoms with Gasteiger partial charge in [0, 0.05) is 15.6 Å². The summed E-state index contributed by atoms with van der Waals surface area (Å²) in [6, 6.07) is 15.3. The van der Waals surface area contributed by atoms with Crippen molar-refractivity contribution >= 4 is 28.0 Å². The number of fused-ring (bicyclic) bond motifs is 1. The lowest BCUT2D eigenvalue weighted by molar-refractivity contribution is -0.140. The van der Waals surface area contributed by atoms with Crippen molar-refractivity contribution in [1.29, 1.82) is 0 Å². The highest BCUT2D eigenvalue weighted by molar-refractivity contribution is 9.10. The average Bonchev–Trinajstić information content (AvgIpc) is 2.53. The molecule has 0 saturated carbocycles. The van der Waals surface area contributed by atoms with Crippen LogP contribution in [0, 0.1) is 0 Å². The van der Waals surface area contributed by atoms with E-state index in [0.717, 1.165) is 21.3 Å². The summed E-state index contributed by atoms with van der Waals surface area (Å²) in [6.45, 7) is 0.477. The van der Waals surface area contributed by atoms with Gasteiger partial charge >= 0.3 is 5.97 Å². The van der Waals surface area contributed by atoms with Crippen LogP contribution >= 0.6 is 15.9 Å². The molecule has 2 aromatic carbocycles. The van der Waals surface area contributed by atoms with Crippen molar-refractivity contribution in [2.45, 2.75) is 6.61 Å². The smallest absolute Gasteiger partial charge is 0.337 e. The molecule has 4 heteroatoms. The SMILES string of the molecule is O=C(OCc1ccccc1Br)C1=Cc2ccccc2OC1. The van der Waals surface area contributed by atoms with E-state index in [1.807, 2.05) is 54.6 Å². The van der Waals surface area contributed by atoms with E-state index in [2.05, 4.69) is 15.9 Å². The highest BCUT2D eigenvalue weighted by Crippen LogP contribution is 2.26. The lowest BCUT2D eigenvalue weighted by Gasteiger charge is -2.17. The Bertz CT molecular complexity index is 707. The minimum atomic E-state index is -0.347. The monoisotopic (exact) mass is 344 g/mol. The van der Waals surface area contributed by atoms with Crippen molar-refractivity contribution in [1.82, 2.24) is 0 Å². The number of benzene rings is 2. The highest BCUT2D eigenvalue weighted by atomic mass is 79.9. The Kier molecular flexibility index (Phi) is 4.06. The second-order valence-corrected chi connectivity index (χ2v) is 5.52. The number of halogens is 1. The van der Waals surface area contributed by atoms with Gasteiger partial charge in [-0.05, 0) is 18.2 Å². The fraction of sp³-hybridized carbons (Fsp3) is 0.118. The third-order valence-corrected chi connectivity index (χ3v) is 3.98. The zero-order valence-electron chi connectivity index (χ0n) is 11.2. The van der Waals surface area contributed by atoms with E-state index >= 15 is 0 Å². The van der Waals surface area contributed by atoms with E-state index in [9.17, 15) is 4.79 Å². The Balaban J connectivity index is 1.70. The molecule has 106 valence electrons. The Hall–Kier alpha value is -2.07. The number of para-hydroxylation sites is 1. The van der Waals surface area contributed by atoms with Crippen LogP contribution in [0.5, 0.6) is 5.75 Å². The molecule has 0 N–H and O–H groups in total. The Morgan fingerprint density at radius 3 is 2.76 bits per heavy atom. The zero-order valence-corrected chi connectivity index (χ0v) is 12.8. The minimum Gasteiger partial charge on any atom is -0.488 e. The molecular formula is C17H13BrO3. The molecule has 0 saturated heterocycles. The van der Waals surface area contributed by atoms with Gasteiger partial charge < -0.3 is 9.47 Å². The van der Waals surface area contributed by atoms with Crippen LogP contribution < -0.4 is 4.74 Å². The predicted octanol–water partition coefficient (Wildman–Crippen LogP) is 3.97. The number of carbonyl (C=O) groups excluding carboxylic acids is 1. The van der Waals surface area contributed by atoms with Crippen LogP contribution in [-0.4, -0.2) is 12.6 Å². The van der Waals surface area contributed by atoms with Gasteiger partial charge in [0.15, 0.2) is 0 Å². The summed E-state index contributed by atoms with van der Waals surface area (Å²) in [7, 11) is 0. The summed E-state index contributed by atoms with van der Waals surface area (Å²) >= 11 is 3.43. The fourth-order valence-electron chi connectivity index (χ4n) is 2.09. The van der Waals surface area contributed by atoms with Crippen LogP contribution in [0.15, 0.2) is 58.6 Å². The maximum absolute atomic E-state index is 12.1. The van der Waals surface area contributed by atoms with Gasteiger partial charge in [0.1, 0.15) is 19.0 Å². The molecular weight excluding hydrogens is 332 g/mol. The number of esters is 1. The molecule has 1 heterocycles. The summed E-state index contributed by atoms with van der Waals surface area (Å²) in [5, 5.41) is 0. The Labute approximate surface area is 131 Å². The summed E-state index contributed by atoms with van der Waals surface area (Å²) < 4.78 is 11.8. The number of hydrogen-bond donors (Lipinski definition) is 0. The van der Waals surface area contributed by atoms with Crippen molar-refractivity contribution in [2.24, 2.45) is 0 Å². The molecule has 1 aliphatic rings. The molecule has 3 nitrogen and oxygen atoms in total. The molecule has 0 atom stereocenters. The molecule has 2 aromatic rings. The topological polar surface area (TPSA) is 35.5 Å². The van der Waals surface area contributed by atoms with Gasteiger partial charge in [0.05, 0.1) is 5.57 Å². The first-order valence-corrected chi connectivity index (χ1v) is 7.36. The van der Waals surface area contributed by atoms with E-state index in [-0.39, 0.29) is 19.2 Å². The molecule has 0 bridgehead atoms. The minimum absolute atomic E-state index is 0.235. The van der Waals surface area contributed by atoms with Gasteiger partial charge in [-0.25, -0.2) is 4.79 Å². The second kappa shape index (κ2) is 6.14. The molecule has 21 heavy (non-hydrogen) atoms. The second-order valence-electron chi connectivity index (χ2n) is 4.66. The fourth-order valence-corrected chi connectivity index (χ4v) is 2.48. The van der Waals surface area contributed by atoms with E-state index in [0.29, 0.717) is 5.57 Å². The first-order valence-electron chi connectivity index (χ1n) is 6.57. The van der Waals surface area contributed by atoms with E-state index in [1.54, 1.807) is 0 Å². The van der Waals surface area contributed by atoms with Crippen LogP contribution in [-0.2, 0) is 16.1 Å². The molecule has 3 rings (SSSR count). The van der Waals surface area contributed by atoms with Gasteiger partial charge in [-0.15, -0.1) is 0 Å². The van der Waals surface area contributed by atoms with E-state index in [4.69, 9.17) is 9.47 Å². The number of rotatable bonds is 3.